The number of carbonyl (C=O) groups is 1. The quantitative estimate of drug-likeness (QED) is 0.568. The number of rotatable bonds is 4. The Labute approximate surface area is 193 Å². The van der Waals surface area contributed by atoms with Gasteiger partial charge in [0.25, 0.3) is 5.91 Å². The lowest BCUT2D eigenvalue weighted by atomic mass is 10.1. The third kappa shape index (κ3) is 4.54. The number of piperidine rings is 1. The smallest absolute Gasteiger partial charge is 0.289 e. The molecule has 2 aromatic carbocycles. The number of fused-ring (bicyclic) bond motifs is 4. The van der Waals surface area contributed by atoms with E-state index in [2.05, 4.69) is 15.5 Å². The highest BCUT2D eigenvalue weighted by atomic mass is 32.1. The molecule has 6 nitrogen and oxygen atoms in total. The molecule has 3 aliphatic rings. The molecule has 0 radical (unpaired) electrons. The molecule has 1 amide bonds. The van der Waals surface area contributed by atoms with Gasteiger partial charge in [-0.2, -0.15) is 0 Å². The summed E-state index contributed by atoms with van der Waals surface area (Å²) in [5.74, 6) is 1.10. The lowest BCUT2D eigenvalue weighted by Gasteiger charge is -2.30. The van der Waals surface area contributed by atoms with Crippen molar-refractivity contribution in [1.82, 2.24) is 9.80 Å². The number of carbonyl (C=O) groups excluding carboxylic acids is 1. The Kier molecular flexibility index (Phi) is 5.92. The third-order valence-electron chi connectivity index (χ3n) is 6.19. The van der Waals surface area contributed by atoms with Crippen molar-refractivity contribution < 1.29 is 9.21 Å². The number of amides is 1. The molecule has 1 aromatic heterocycles. The molecule has 32 heavy (non-hydrogen) atoms. The molecule has 0 spiro atoms. The van der Waals surface area contributed by atoms with Gasteiger partial charge in [0, 0.05) is 49.2 Å². The van der Waals surface area contributed by atoms with E-state index in [0.29, 0.717) is 22.7 Å². The van der Waals surface area contributed by atoms with Gasteiger partial charge in [0.1, 0.15) is 5.76 Å². The number of hydrogen-bond acceptors (Lipinski definition) is 4. The zero-order chi connectivity index (χ0) is 21.9. The highest BCUT2D eigenvalue weighted by molar-refractivity contribution is 7.80. The largest absolute Gasteiger partial charge is 0.451 e. The molecule has 0 unspecified atom stereocenters. The molecule has 4 heterocycles. The van der Waals surface area contributed by atoms with Crippen molar-refractivity contribution in [2.24, 2.45) is 0 Å². The number of benzene rings is 2. The fourth-order valence-electron chi connectivity index (χ4n) is 4.44. The standard InChI is InChI=1S/C25H26N4O2S/c30-24(29-17-16-28-14-12-21(29)13-15-28)23-11-10-22(31-23)18-6-8-20(9-7-18)27-25(32)26-19-4-2-1-3-5-19/h1-11,21H,12-17H2,(H2,26,27,32). The van der Waals surface area contributed by atoms with Crippen LogP contribution >= 0.6 is 12.2 Å². The Morgan fingerprint density at radius 1 is 0.844 bits per heavy atom. The number of anilines is 2. The fraction of sp³-hybridized carbons (Fsp3) is 0.280. The monoisotopic (exact) mass is 446 g/mol. The minimum Gasteiger partial charge on any atom is -0.451 e. The van der Waals surface area contributed by atoms with Crippen molar-refractivity contribution in [3.05, 3.63) is 72.5 Å². The summed E-state index contributed by atoms with van der Waals surface area (Å²) in [7, 11) is 0. The molecular weight excluding hydrogens is 420 g/mol. The molecule has 3 fully saturated rings. The Morgan fingerprint density at radius 3 is 2.25 bits per heavy atom. The Balaban J connectivity index is 1.23. The van der Waals surface area contributed by atoms with E-state index in [0.717, 1.165) is 56.0 Å². The van der Waals surface area contributed by atoms with Gasteiger partial charge in [-0.1, -0.05) is 18.2 Å². The van der Waals surface area contributed by atoms with Gasteiger partial charge >= 0.3 is 0 Å². The third-order valence-corrected chi connectivity index (χ3v) is 6.40. The van der Waals surface area contributed by atoms with E-state index in [4.69, 9.17) is 16.6 Å². The van der Waals surface area contributed by atoms with Crippen LogP contribution in [0.3, 0.4) is 0 Å². The van der Waals surface area contributed by atoms with Crippen LogP contribution in [0.25, 0.3) is 11.3 Å². The summed E-state index contributed by atoms with van der Waals surface area (Å²) in [5.41, 5.74) is 2.73. The van der Waals surface area contributed by atoms with Gasteiger partial charge in [-0.05, 0) is 73.6 Å². The number of nitrogens with one attached hydrogen (secondary N) is 2. The number of furan rings is 1. The first-order valence-electron chi connectivity index (χ1n) is 11.0. The average Bonchev–Trinajstić information content (AvgIpc) is 3.12. The molecule has 2 bridgehead atoms. The topological polar surface area (TPSA) is 60.8 Å². The van der Waals surface area contributed by atoms with Crippen LogP contribution in [0.1, 0.15) is 23.4 Å². The second-order valence-corrected chi connectivity index (χ2v) is 8.67. The lowest BCUT2D eigenvalue weighted by Crippen LogP contribution is -2.41. The Morgan fingerprint density at radius 2 is 1.53 bits per heavy atom. The van der Waals surface area contributed by atoms with Crippen molar-refractivity contribution in [3.8, 4) is 11.3 Å². The molecule has 0 aliphatic carbocycles. The van der Waals surface area contributed by atoms with Crippen molar-refractivity contribution in [2.45, 2.75) is 18.9 Å². The van der Waals surface area contributed by atoms with Gasteiger partial charge in [0.15, 0.2) is 10.9 Å². The molecular formula is C25H26N4O2S. The van der Waals surface area contributed by atoms with E-state index in [9.17, 15) is 4.79 Å². The molecule has 0 atom stereocenters. The predicted octanol–water partition coefficient (Wildman–Crippen LogP) is 4.68. The molecule has 0 saturated carbocycles. The van der Waals surface area contributed by atoms with Crippen LogP contribution in [0.4, 0.5) is 11.4 Å². The average molecular weight is 447 g/mol. The first kappa shape index (κ1) is 20.7. The van der Waals surface area contributed by atoms with Crippen LogP contribution in [0.15, 0.2) is 71.1 Å². The van der Waals surface area contributed by atoms with Crippen LogP contribution in [-0.4, -0.2) is 53.0 Å². The summed E-state index contributed by atoms with van der Waals surface area (Å²) in [5, 5.41) is 6.86. The van der Waals surface area contributed by atoms with Gasteiger partial charge in [0.05, 0.1) is 0 Å². The summed E-state index contributed by atoms with van der Waals surface area (Å²) < 4.78 is 5.97. The summed E-state index contributed by atoms with van der Waals surface area (Å²) >= 11 is 5.38. The Hall–Kier alpha value is -3.16. The first-order valence-corrected chi connectivity index (χ1v) is 11.4. The van der Waals surface area contributed by atoms with E-state index in [-0.39, 0.29) is 5.91 Å². The number of nitrogens with zero attached hydrogens (tertiary/aromatic N) is 2. The van der Waals surface area contributed by atoms with Crippen molar-refractivity contribution in [3.63, 3.8) is 0 Å². The van der Waals surface area contributed by atoms with E-state index >= 15 is 0 Å². The minimum atomic E-state index is 0.000576. The van der Waals surface area contributed by atoms with Crippen molar-refractivity contribution in [1.29, 1.82) is 0 Å². The van der Waals surface area contributed by atoms with Crippen LogP contribution in [-0.2, 0) is 0 Å². The predicted molar refractivity (Wildman–Crippen MR) is 131 cm³/mol. The highest BCUT2D eigenvalue weighted by Gasteiger charge is 2.33. The number of thiocarbonyl (C=S) groups is 1. The van der Waals surface area contributed by atoms with Gasteiger partial charge < -0.3 is 24.9 Å². The molecule has 164 valence electrons. The second kappa shape index (κ2) is 9.14. The van der Waals surface area contributed by atoms with Crippen LogP contribution < -0.4 is 10.6 Å². The van der Waals surface area contributed by atoms with Gasteiger partial charge in [-0.3, -0.25) is 4.79 Å². The first-order chi connectivity index (χ1) is 15.7. The lowest BCUT2D eigenvalue weighted by molar-refractivity contribution is 0.0653. The maximum Gasteiger partial charge on any atom is 0.289 e. The van der Waals surface area contributed by atoms with Crippen LogP contribution in [0.5, 0.6) is 0 Å². The van der Waals surface area contributed by atoms with E-state index in [1.807, 2.05) is 65.6 Å². The molecule has 7 heteroatoms. The molecule has 3 saturated heterocycles. The second-order valence-electron chi connectivity index (χ2n) is 8.26. The minimum absolute atomic E-state index is 0.000576. The normalized spacial score (nSPS) is 19.9. The van der Waals surface area contributed by atoms with E-state index < -0.39 is 0 Å². The summed E-state index contributed by atoms with van der Waals surface area (Å²) in [6, 6.07) is 21.6. The van der Waals surface area contributed by atoms with Crippen LogP contribution in [0, 0.1) is 0 Å². The van der Waals surface area contributed by atoms with Gasteiger partial charge in [-0.15, -0.1) is 0 Å². The summed E-state index contributed by atoms with van der Waals surface area (Å²) in [6.45, 7) is 3.90. The molecule has 2 N–H and O–H groups in total. The highest BCUT2D eigenvalue weighted by Crippen LogP contribution is 2.27. The van der Waals surface area contributed by atoms with Gasteiger partial charge in [0.2, 0.25) is 0 Å². The summed E-state index contributed by atoms with van der Waals surface area (Å²) in [4.78, 5) is 17.5. The maximum atomic E-state index is 13.1. The van der Waals surface area contributed by atoms with Gasteiger partial charge in [-0.25, -0.2) is 0 Å². The molecule has 3 aliphatic heterocycles. The Bertz CT molecular complexity index is 1090. The zero-order valence-corrected chi connectivity index (χ0v) is 18.6. The van der Waals surface area contributed by atoms with Crippen molar-refractivity contribution in [2.75, 3.05) is 36.8 Å². The molecule has 6 rings (SSSR count). The maximum absolute atomic E-state index is 13.1. The molecule has 3 aromatic rings. The summed E-state index contributed by atoms with van der Waals surface area (Å²) in [6.07, 6.45) is 2.10. The number of para-hydroxylation sites is 1. The zero-order valence-electron chi connectivity index (χ0n) is 17.8. The van der Waals surface area contributed by atoms with Crippen molar-refractivity contribution >= 4 is 34.6 Å². The van der Waals surface area contributed by atoms with E-state index in [1.54, 1.807) is 6.07 Å². The fourth-order valence-corrected chi connectivity index (χ4v) is 4.67. The van der Waals surface area contributed by atoms with E-state index in [1.165, 1.54) is 0 Å². The van der Waals surface area contributed by atoms with Crippen LogP contribution in [0.2, 0.25) is 0 Å². The SMILES string of the molecule is O=C(c1ccc(-c2ccc(NC(=S)Nc3ccccc3)cc2)o1)N1CCN2CCC1CC2. The number of hydrogen-bond donors (Lipinski definition) is 2.